The summed E-state index contributed by atoms with van der Waals surface area (Å²) < 4.78 is 29.8. The van der Waals surface area contributed by atoms with E-state index in [9.17, 15) is 9.18 Å². The van der Waals surface area contributed by atoms with Crippen molar-refractivity contribution in [1.29, 1.82) is 0 Å². The van der Waals surface area contributed by atoms with Crippen LogP contribution in [-0.2, 0) is 22.9 Å². The monoisotopic (exact) mass is 541 g/mol. The van der Waals surface area contributed by atoms with E-state index < -0.39 is 22.0 Å². The minimum atomic E-state index is -1.25. The first-order valence-electron chi connectivity index (χ1n) is 10.9. The van der Waals surface area contributed by atoms with Crippen LogP contribution in [0.2, 0.25) is 51.4 Å². The summed E-state index contributed by atoms with van der Waals surface area (Å²) in [5.74, 6) is -0.394. The fourth-order valence-electron chi connectivity index (χ4n) is 3.21. The Hall–Kier alpha value is -1.34. The smallest absolute Gasteiger partial charge is 0.334 e. The van der Waals surface area contributed by atoms with Gasteiger partial charge in [-0.1, -0.05) is 39.3 Å². The van der Waals surface area contributed by atoms with Gasteiger partial charge in [0, 0.05) is 34.7 Å². The van der Waals surface area contributed by atoms with Gasteiger partial charge < -0.3 is 9.47 Å². The molecule has 176 valence electrons. The Morgan fingerprint density at radius 3 is 2.09 bits per heavy atom. The molecule has 0 spiro atoms. The Bertz CT molecular complexity index is 1170. The molecule has 0 saturated carbocycles. The molecule has 2 aromatic heterocycles. The molecule has 0 amide bonds. The molecule has 0 atom stereocenters. The van der Waals surface area contributed by atoms with Crippen molar-refractivity contribution < 1.29 is 13.9 Å². The van der Waals surface area contributed by atoms with E-state index in [0.717, 1.165) is 12.1 Å². The summed E-state index contributed by atoms with van der Waals surface area (Å²) in [6.45, 7) is 15.1. The standard InChI is InChI=1S/C22H33BrFN3O3Si2/c1-31(2,3)11-9-29-14-26-19-13-16-18(8-7-17(23)20(16)24)25-21(19)27(22(26)28)15-30-10-12-32(4,5)6/h7-8,13H,9-12,14-15H2,1-6H3. The second kappa shape index (κ2) is 9.88. The van der Waals surface area contributed by atoms with Gasteiger partial charge in [0.2, 0.25) is 0 Å². The van der Waals surface area contributed by atoms with Crippen LogP contribution in [0.5, 0.6) is 0 Å². The van der Waals surface area contributed by atoms with Crippen molar-refractivity contribution in [2.45, 2.75) is 64.8 Å². The molecule has 0 bridgehead atoms. The maximum absolute atomic E-state index is 14.7. The SMILES string of the molecule is C[Si](C)(C)CCOCn1c(=O)n(COCC[Si](C)(C)C)c2nc3ccc(Br)c(F)c3cc21. The van der Waals surface area contributed by atoms with Crippen molar-refractivity contribution in [3.63, 3.8) is 0 Å². The van der Waals surface area contributed by atoms with Gasteiger partial charge >= 0.3 is 5.69 Å². The molecule has 0 aliphatic heterocycles. The highest BCUT2D eigenvalue weighted by Crippen LogP contribution is 2.27. The van der Waals surface area contributed by atoms with Crippen LogP contribution < -0.4 is 5.69 Å². The highest BCUT2D eigenvalue weighted by molar-refractivity contribution is 9.10. The first-order chi connectivity index (χ1) is 14.9. The van der Waals surface area contributed by atoms with Gasteiger partial charge in [-0.25, -0.2) is 14.2 Å². The van der Waals surface area contributed by atoms with Crippen molar-refractivity contribution in [3.8, 4) is 0 Å². The zero-order valence-corrected chi connectivity index (χ0v) is 23.4. The summed E-state index contributed by atoms with van der Waals surface area (Å²) in [5, 5.41) is 0.361. The topological polar surface area (TPSA) is 58.3 Å². The average molecular weight is 543 g/mol. The highest BCUT2D eigenvalue weighted by Gasteiger charge is 2.19. The Morgan fingerprint density at radius 1 is 0.969 bits per heavy atom. The molecule has 3 aromatic rings. The summed E-state index contributed by atoms with van der Waals surface area (Å²) in [6.07, 6.45) is 0. The van der Waals surface area contributed by atoms with Gasteiger partial charge in [-0.2, -0.15) is 0 Å². The average Bonchev–Trinajstić information content (AvgIpc) is 2.93. The Morgan fingerprint density at radius 2 is 1.53 bits per heavy atom. The van der Waals surface area contributed by atoms with E-state index in [0.29, 0.717) is 39.8 Å². The molecule has 0 saturated heterocycles. The van der Waals surface area contributed by atoms with Gasteiger partial charge in [-0.05, 0) is 46.2 Å². The predicted octanol–water partition coefficient (Wildman–Crippen LogP) is 5.88. The third-order valence-electron chi connectivity index (χ3n) is 5.29. The van der Waals surface area contributed by atoms with Crippen molar-refractivity contribution in [2.24, 2.45) is 0 Å². The van der Waals surface area contributed by atoms with E-state index in [4.69, 9.17) is 9.47 Å². The van der Waals surface area contributed by atoms with Crippen LogP contribution in [0, 0.1) is 5.82 Å². The van der Waals surface area contributed by atoms with E-state index in [1.54, 1.807) is 18.2 Å². The van der Waals surface area contributed by atoms with Gasteiger partial charge in [0.25, 0.3) is 0 Å². The number of halogens is 2. The number of hydrogen-bond acceptors (Lipinski definition) is 4. The Labute approximate surface area is 198 Å². The van der Waals surface area contributed by atoms with Gasteiger partial charge in [0.15, 0.2) is 5.65 Å². The molecule has 6 nitrogen and oxygen atoms in total. The van der Waals surface area contributed by atoms with Crippen LogP contribution in [0.3, 0.4) is 0 Å². The number of benzene rings is 1. The van der Waals surface area contributed by atoms with Gasteiger partial charge in [0.1, 0.15) is 19.3 Å². The van der Waals surface area contributed by atoms with Gasteiger partial charge in [-0.3, -0.25) is 9.13 Å². The molecule has 1 aromatic carbocycles. The fraction of sp³-hybridized carbons (Fsp3) is 0.545. The van der Waals surface area contributed by atoms with Crippen LogP contribution in [0.4, 0.5) is 4.39 Å². The molecule has 0 radical (unpaired) electrons. The molecule has 0 aliphatic rings. The Kier molecular flexibility index (Phi) is 7.81. The molecule has 32 heavy (non-hydrogen) atoms. The summed E-state index contributed by atoms with van der Waals surface area (Å²) >= 11 is 3.23. The third kappa shape index (κ3) is 6.16. The number of nitrogens with zero attached hydrogens (tertiary/aromatic N) is 3. The highest BCUT2D eigenvalue weighted by atomic mass is 79.9. The number of pyridine rings is 1. The maximum atomic E-state index is 14.7. The molecular weight excluding hydrogens is 509 g/mol. The van der Waals surface area contributed by atoms with Crippen LogP contribution in [0.25, 0.3) is 22.1 Å². The van der Waals surface area contributed by atoms with Crippen LogP contribution >= 0.6 is 15.9 Å². The summed E-state index contributed by atoms with van der Waals surface area (Å²) in [5.41, 5.74) is 1.25. The molecule has 0 N–H and O–H groups in total. The number of fused-ring (bicyclic) bond motifs is 2. The number of ether oxygens (including phenoxy) is 2. The van der Waals surface area contributed by atoms with E-state index in [2.05, 4.69) is 60.2 Å². The molecule has 10 heteroatoms. The van der Waals surface area contributed by atoms with E-state index in [1.807, 2.05) is 0 Å². The summed E-state index contributed by atoms with van der Waals surface area (Å²) in [6, 6.07) is 7.06. The number of hydrogen-bond donors (Lipinski definition) is 0. The first-order valence-corrected chi connectivity index (χ1v) is 19.1. The minimum Gasteiger partial charge on any atom is -0.361 e. The summed E-state index contributed by atoms with van der Waals surface area (Å²) in [7, 11) is -2.49. The maximum Gasteiger partial charge on any atom is 0.334 e. The van der Waals surface area contributed by atoms with E-state index >= 15 is 0 Å². The normalized spacial score (nSPS) is 12.9. The quantitative estimate of drug-likeness (QED) is 0.237. The molecule has 0 fully saturated rings. The van der Waals surface area contributed by atoms with Crippen molar-refractivity contribution >= 4 is 54.1 Å². The largest absolute Gasteiger partial charge is 0.361 e. The Balaban J connectivity index is 1.97. The second-order valence-electron chi connectivity index (χ2n) is 10.6. The van der Waals surface area contributed by atoms with Gasteiger partial charge in [-0.15, -0.1) is 0 Å². The summed E-state index contributed by atoms with van der Waals surface area (Å²) in [4.78, 5) is 17.9. The fourth-order valence-corrected chi connectivity index (χ4v) is 5.07. The molecule has 3 rings (SSSR count). The van der Waals surface area contributed by atoms with Crippen molar-refractivity contribution in [3.05, 3.63) is 39.0 Å². The van der Waals surface area contributed by atoms with Crippen LogP contribution in [0.1, 0.15) is 0 Å². The lowest BCUT2D eigenvalue weighted by Crippen LogP contribution is -2.28. The molecule has 0 unspecified atom stereocenters. The van der Waals surface area contributed by atoms with E-state index in [1.165, 1.54) is 9.13 Å². The zero-order chi connectivity index (χ0) is 23.7. The first kappa shape index (κ1) is 25.3. The van der Waals surface area contributed by atoms with Gasteiger partial charge in [0.05, 0.1) is 15.5 Å². The lowest BCUT2D eigenvalue weighted by molar-refractivity contribution is 0.0753. The van der Waals surface area contributed by atoms with Crippen LogP contribution in [0.15, 0.2) is 27.5 Å². The third-order valence-corrected chi connectivity index (χ3v) is 9.31. The van der Waals surface area contributed by atoms with E-state index in [-0.39, 0.29) is 19.2 Å². The van der Waals surface area contributed by atoms with Crippen LogP contribution in [-0.4, -0.2) is 43.5 Å². The molecule has 2 heterocycles. The molecular formula is C22H33BrFN3O3Si2. The lowest BCUT2D eigenvalue weighted by atomic mass is 10.2. The number of rotatable bonds is 10. The number of imidazole rings is 1. The number of aromatic nitrogens is 3. The second-order valence-corrected chi connectivity index (χ2v) is 22.7. The molecule has 0 aliphatic carbocycles. The zero-order valence-electron chi connectivity index (χ0n) is 19.8. The predicted molar refractivity (Wildman–Crippen MR) is 137 cm³/mol. The van der Waals surface area contributed by atoms with Crippen molar-refractivity contribution in [2.75, 3.05) is 13.2 Å². The lowest BCUT2D eigenvalue weighted by Gasteiger charge is -2.15. The minimum absolute atomic E-state index is 0.102. The van der Waals surface area contributed by atoms with Crippen molar-refractivity contribution in [1.82, 2.24) is 14.1 Å².